The van der Waals surface area contributed by atoms with Gasteiger partial charge in [0.1, 0.15) is 5.82 Å². The van der Waals surface area contributed by atoms with Crippen LogP contribution in [0.1, 0.15) is 27.6 Å². The first-order valence-corrected chi connectivity index (χ1v) is 11.6. The number of carbonyl (C=O) groups excluding carboxylic acids is 1. The molecule has 1 aliphatic rings. The number of fused-ring (bicyclic) bond motifs is 2. The number of nitrogens with zero attached hydrogens (tertiary/aromatic N) is 3. The fraction of sp³-hybridized carbons (Fsp3) is 0.227. The Morgan fingerprint density at radius 1 is 1.23 bits per heavy atom. The number of rotatable bonds is 3. The molecule has 4 aromatic rings. The lowest BCUT2D eigenvalue weighted by molar-refractivity contribution is -0.113. The number of aromatic hydroxyl groups is 1. The number of carbonyl (C=O) groups is 1. The van der Waals surface area contributed by atoms with E-state index in [0.717, 1.165) is 27.0 Å². The Morgan fingerprint density at radius 2 is 2.06 bits per heavy atom. The number of aryl methyl sites for hydroxylation is 2. The molecule has 5 rings (SSSR count). The Labute approximate surface area is 187 Å². The third kappa shape index (κ3) is 3.43. The van der Waals surface area contributed by atoms with Gasteiger partial charge in [0.05, 0.1) is 34.0 Å². The number of phenolic OH excluding ortho intramolecular Hbond substituents is 1. The quantitative estimate of drug-likeness (QED) is 0.473. The van der Waals surface area contributed by atoms with Gasteiger partial charge in [0.15, 0.2) is 11.5 Å². The fourth-order valence-electron chi connectivity index (χ4n) is 3.77. The summed E-state index contributed by atoms with van der Waals surface area (Å²) in [7, 11) is 1.52. The van der Waals surface area contributed by atoms with Crippen molar-refractivity contribution in [3.63, 3.8) is 0 Å². The first-order valence-electron chi connectivity index (χ1n) is 9.70. The van der Waals surface area contributed by atoms with Crippen LogP contribution in [-0.4, -0.2) is 38.6 Å². The summed E-state index contributed by atoms with van der Waals surface area (Å²) < 4.78 is 7.97. The molecule has 2 aromatic heterocycles. The number of benzene rings is 2. The molecule has 0 unspecified atom stereocenters. The van der Waals surface area contributed by atoms with E-state index in [0.29, 0.717) is 22.5 Å². The van der Waals surface area contributed by atoms with Gasteiger partial charge in [-0.3, -0.25) is 4.79 Å². The number of methoxy groups -OCH3 is 1. The van der Waals surface area contributed by atoms with Crippen LogP contribution in [0.2, 0.25) is 0 Å². The predicted octanol–water partition coefficient (Wildman–Crippen LogP) is 4.59. The number of amides is 1. The van der Waals surface area contributed by atoms with E-state index in [1.165, 1.54) is 35.8 Å². The Hall–Kier alpha value is -3.04. The molecule has 158 valence electrons. The van der Waals surface area contributed by atoms with Gasteiger partial charge in [0, 0.05) is 5.56 Å². The number of ether oxygens (including phenoxy) is 1. The van der Waals surface area contributed by atoms with E-state index in [4.69, 9.17) is 14.8 Å². The van der Waals surface area contributed by atoms with E-state index in [2.05, 4.69) is 18.3 Å². The molecule has 0 fully saturated rings. The van der Waals surface area contributed by atoms with Crippen LogP contribution in [0.5, 0.6) is 11.5 Å². The van der Waals surface area contributed by atoms with E-state index in [1.54, 1.807) is 16.8 Å². The Kier molecular flexibility index (Phi) is 4.86. The lowest BCUT2D eigenvalue weighted by atomic mass is 10.0. The predicted molar refractivity (Wildman–Crippen MR) is 124 cm³/mol. The molecule has 0 radical (unpaired) electrons. The minimum absolute atomic E-state index is 0.0669. The van der Waals surface area contributed by atoms with Crippen LogP contribution in [0.4, 0.5) is 5.82 Å². The van der Waals surface area contributed by atoms with Crippen molar-refractivity contribution in [1.29, 1.82) is 0 Å². The molecule has 2 aromatic carbocycles. The van der Waals surface area contributed by atoms with Gasteiger partial charge < -0.3 is 15.2 Å². The van der Waals surface area contributed by atoms with Crippen molar-refractivity contribution in [1.82, 2.24) is 14.8 Å². The molecule has 2 N–H and O–H groups in total. The number of hydrogen-bond acceptors (Lipinski definition) is 7. The number of thiazole rings is 1. The van der Waals surface area contributed by atoms with E-state index in [-0.39, 0.29) is 16.9 Å². The van der Waals surface area contributed by atoms with Gasteiger partial charge in [-0.15, -0.1) is 11.8 Å². The summed E-state index contributed by atoms with van der Waals surface area (Å²) in [5.74, 6) is 1.31. The maximum atomic E-state index is 12.5. The number of thioether (sulfide) groups is 1. The van der Waals surface area contributed by atoms with Crippen LogP contribution >= 0.6 is 23.1 Å². The fourth-order valence-corrected chi connectivity index (χ4v) is 5.97. The maximum absolute atomic E-state index is 12.5. The number of anilines is 1. The van der Waals surface area contributed by atoms with Gasteiger partial charge >= 0.3 is 0 Å². The highest BCUT2D eigenvalue weighted by Crippen LogP contribution is 2.45. The van der Waals surface area contributed by atoms with Crippen molar-refractivity contribution in [3.8, 4) is 16.6 Å². The number of hydrogen-bond donors (Lipinski definition) is 2. The van der Waals surface area contributed by atoms with Gasteiger partial charge in [0.25, 0.3) is 0 Å². The molecule has 0 bridgehead atoms. The molecule has 7 nitrogen and oxygen atoms in total. The number of nitrogens with one attached hydrogen (secondary N) is 1. The first-order chi connectivity index (χ1) is 14.9. The van der Waals surface area contributed by atoms with Crippen molar-refractivity contribution < 1.29 is 14.6 Å². The standard InChI is InChI=1S/C22H20N4O3S2/c1-11-4-6-14-17(8-11)31-22(23-14)26-21-19(12(2)25-26)20(30-10-18(28)24-21)13-5-7-16(29-3)15(27)9-13/h4-9,20,27H,10H2,1-3H3,(H,24,28)/t20-/m1/s1. The Bertz CT molecular complexity index is 1330. The molecular formula is C22H20N4O3S2. The number of phenols is 1. The topological polar surface area (TPSA) is 89.3 Å². The molecule has 0 saturated heterocycles. The summed E-state index contributed by atoms with van der Waals surface area (Å²) in [4.78, 5) is 17.3. The molecule has 0 spiro atoms. The molecule has 31 heavy (non-hydrogen) atoms. The van der Waals surface area contributed by atoms with Gasteiger partial charge in [0.2, 0.25) is 11.0 Å². The molecule has 0 aliphatic carbocycles. The smallest absolute Gasteiger partial charge is 0.235 e. The zero-order chi connectivity index (χ0) is 21.7. The van der Waals surface area contributed by atoms with Crippen molar-refractivity contribution in [2.75, 3.05) is 18.2 Å². The molecule has 9 heteroatoms. The summed E-state index contributed by atoms with van der Waals surface area (Å²) in [5.41, 5.74) is 4.67. The third-order valence-electron chi connectivity index (χ3n) is 5.23. The highest BCUT2D eigenvalue weighted by atomic mass is 32.2. The van der Waals surface area contributed by atoms with Crippen LogP contribution < -0.4 is 10.1 Å². The van der Waals surface area contributed by atoms with Crippen molar-refractivity contribution in [2.45, 2.75) is 19.1 Å². The number of aromatic nitrogens is 3. The van der Waals surface area contributed by atoms with Gasteiger partial charge in [-0.05, 0) is 49.2 Å². The summed E-state index contributed by atoms with van der Waals surface area (Å²) in [5, 5.41) is 18.6. The molecule has 1 atom stereocenters. The molecule has 0 saturated carbocycles. The average molecular weight is 453 g/mol. The zero-order valence-corrected chi connectivity index (χ0v) is 18.8. The van der Waals surface area contributed by atoms with Gasteiger partial charge in [-0.2, -0.15) is 9.78 Å². The summed E-state index contributed by atoms with van der Waals surface area (Å²) in [6.07, 6.45) is 0. The highest BCUT2D eigenvalue weighted by molar-refractivity contribution is 8.00. The van der Waals surface area contributed by atoms with Crippen molar-refractivity contribution in [3.05, 3.63) is 58.8 Å². The van der Waals surface area contributed by atoms with E-state index in [1.807, 2.05) is 25.1 Å². The monoisotopic (exact) mass is 452 g/mol. The van der Waals surface area contributed by atoms with Crippen molar-refractivity contribution >= 4 is 45.0 Å². The molecule has 3 heterocycles. The largest absolute Gasteiger partial charge is 0.504 e. The normalized spacial score (nSPS) is 16.1. The first kappa shape index (κ1) is 19.9. The van der Waals surface area contributed by atoms with Crippen LogP contribution in [0.3, 0.4) is 0 Å². The Balaban J connectivity index is 1.66. The second-order valence-corrected chi connectivity index (χ2v) is 9.50. The maximum Gasteiger partial charge on any atom is 0.235 e. The summed E-state index contributed by atoms with van der Waals surface area (Å²) in [6, 6.07) is 11.5. The van der Waals surface area contributed by atoms with Crippen LogP contribution in [0, 0.1) is 13.8 Å². The van der Waals surface area contributed by atoms with E-state index < -0.39 is 0 Å². The van der Waals surface area contributed by atoms with Gasteiger partial charge in [-0.1, -0.05) is 23.5 Å². The second-order valence-electron chi connectivity index (χ2n) is 7.40. The third-order valence-corrected chi connectivity index (χ3v) is 7.49. The Morgan fingerprint density at radius 3 is 2.84 bits per heavy atom. The van der Waals surface area contributed by atoms with Crippen molar-refractivity contribution in [2.24, 2.45) is 0 Å². The molecule has 1 aliphatic heterocycles. The zero-order valence-electron chi connectivity index (χ0n) is 17.2. The van der Waals surface area contributed by atoms with Crippen LogP contribution in [0.25, 0.3) is 15.3 Å². The SMILES string of the molecule is COc1ccc([C@H]2SCC(=O)Nc3c2c(C)nn3-c2nc3ccc(C)cc3s2)cc1O. The highest BCUT2D eigenvalue weighted by Gasteiger charge is 2.31. The average Bonchev–Trinajstić information content (AvgIpc) is 3.23. The molecular weight excluding hydrogens is 432 g/mol. The minimum Gasteiger partial charge on any atom is -0.504 e. The summed E-state index contributed by atoms with van der Waals surface area (Å²) >= 11 is 3.04. The lowest BCUT2D eigenvalue weighted by Crippen LogP contribution is -2.15. The van der Waals surface area contributed by atoms with E-state index >= 15 is 0 Å². The van der Waals surface area contributed by atoms with Crippen LogP contribution in [0.15, 0.2) is 36.4 Å². The van der Waals surface area contributed by atoms with E-state index in [9.17, 15) is 9.90 Å². The minimum atomic E-state index is -0.170. The second kappa shape index (κ2) is 7.58. The molecule has 1 amide bonds. The van der Waals surface area contributed by atoms with Gasteiger partial charge in [-0.25, -0.2) is 4.98 Å². The lowest BCUT2D eigenvalue weighted by Gasteiger charge is -2.16. The van der Waals surface area contributed by atoms with Crippen LogP contribution in [-0.2, 0) is 4.79 Å². The summed E-state index contributed by atoms with van der Waals surface area (Å²) in [6.45, 7) is 3.98.